The van der Waals surface area contributed by atoms with Crippen LogP contribution in [0.4, 0.5) is 0 Å². The summed E-state index contributed by atoms with van der Waals surface area (Å²) in [4.78, 5) is 11.1. The van der Waals surface area contributed by atoms with Crippen LogP contribution in [0.15, 0.2) is 11.5 Å². The highest BCUT2D eigenvalue weighted by molar-refractivity contribution is 5.89. The second kappa shape index (κ2) is 3.61. The summed E-state index contributed by atoms with van der Waals surface area (Å²) < 4.78 is 16.2. The van der Waals surface area contributed by atoms with Gasteiger partial charge in [0.15, 0.2) is 17.7 Å². The zero-order valence-corrected chi connectivity index (χ0v) is 9.22. The Hall–Kier alpha value is -1.27. The molecule has 17 heavy (non-hydrogen) atoms. The van der Waals surface area contributed by atoms with Crippen molar-refractivity contribution < 1.29 is 29.2 Å². The van der Waals surface area contributed by atoms with Crippen LogP contribution in [0.2, 0.25) is 0 Å². The summed E-state index contributed by atoms with van der Waals surface area (Å²) >= 11 is 0. The minimum atomic E-state index is -0.942. The summed E-state index contributed by atoms with van der Waals surface area (Å²) in [6, 6.07) is 0. The second-order valence-electron chi connectivity index (χ2n) is 4.64. The first kappa shape index (κ1) is 10.9. The summed E-state index contributed by atoms with van der Waals surface area (Å²) in [5, 5.41) is 18.8. The average Bonchev–Trinajstić information content (AvgIpc) is 2.99. The molecule has 0 radical (unpaired) electrons. The predicted octanol–water partition coefficient (Wildman–Crippen LogP) is 0.925. The third kappa shape index (κ3) is 1.59. The van der Waals surface area contributed by atoms with E-state index in [-0.39, 0.29) is 6.61 Å². The van der Waals surface area contributed by atoms with Crippen molar-refractivity contribution in [2.45, 2.75) is 43.7 Å². The monoisotopic (exact) mass is 242 g/mol. The summed E-state index contributed by atoms with van der Waals surface area (Å²) in [6.07, 6.45) is 2.25. The van der Waals surface area contributed by atoms with E-state index in [0.717, 1.165) is 25.7 Å². The zero-order chi connectivity index (χ0) is 12.0. The topological polar surface area (TPSA) is 85.2 Å². The Morgan fingerprint density at radius 2 is 1.94 bits per heavy atom. The van der Waals surface area contributed by atoms with Crippen LogP contribution in [-0.2, 0) is 19.0 Å². The van der Waals surface area contributed by atoms with Gasteiger partial charge in [-0.15, -0.1) is 0 Å². The van der Waals surface area contributed by atoms with Crippen molar-refractivity contribution in [3.05, 3.63) is 11.5 Å². The normalized spacial score (nSPS) is 35.9. The summed E-state index contributed by atoms with van der Waals surface area (Å²) in [5.74, 6) is -2.68. The first-order valence-corrected chi connectivity index (χ1v) is 5.76. The molecule has 0 amide bonds. The van der Waals surface area contributed by atoms with E-state index in [1.54, 1.807) is 0 Å². The van der Waals surface area contributed by atoms with Crippen LogP contribution in [-0.4, -0.2) is 40.8 Å². The van der Waals surface area contributed by atoms with Gasteiger partial charge >= 0.3 is 5.97 Å². The number of aliphatic hydroxyl groups is 2. The number of hydrogen-bond acceptors (Lipinski definition) is 6. The average molecular weight is 242 g/mol. The Bertz CT molecular complexity index is 381. The molecule has 1 aliphatic carbocycles. The molecule has 3 aliphatic rings. The van der Waals surface area contributed by atoms with Crippen molar-refractivity contribution in [2.24, 2.45) is 0 Å². The molecule has 0 unspecified atom stereocenters. The number of hydrogen-bond donors (Lipinski definition) is 2. The van der Waals surface area contributed by atoms with Crippen molar-refractivity contribution in [1.82, 2.24) is 0 Å². The Kier molecular flexibility index (Phi) is 2.31. The first-order chi connectivity index (χ1) is 8.11. The van der Waals surface area contributed by atoms with Crippen molar-refractivity contribution in [3.8, 4) is 0 Å². The first-order valence-electron chi connectivity index (χ1n) is 5.76. The largest absolute Gasteiger partial charge is 0.505 e. The molecule has 1 spiro atoms. The lowest BCUT2D eigenvalue weighted by atomic mass is 10.2. The molecule has 2 fully saturated rings. The quantitative estimate of drug-likeness (QED) is 0.665. The summed E-state index contributed by atoms with van der Waals surface area (Å²) in [6.45, 7) is 0.259. The van der Waals surface area contributed by atoms with Gasteiger partial charge in [0.2, 0.25) is 5.76 Å². The van der Waals surface area contributed by atoms with Crippen molar-refractivity contribution >= 4 is 5.97 Å². The molecule has 2 aliphatic heterocycles. The van der Waals surface area contributed by atoms with Crippen LogP contribution in [0.5, 0.6) is 0 Å². The molecule has 1 saturated heterocycles. The molecule has 0 aromatic rings. The molecule has 0 aromatic heterocycles. The van der Waals surface area contributed by atoms with Crippen LogP contribution in [0.1, 0.15) is 25.7 Å². The van der Waals surface area contributed by atoms with Gasteiger partial charge in [0, 0.05) is 12.8 Å². The van der Waals surface area contributed by atoms with Crippen LogP contribution >= 0.6 is 0 Å². The molecule has 0 bridgehead atoms. The van der Waals surface area contributed by atoms with Gasteiger partial charge in [0.25, 0.3) is 0 Å². The maximum absolute atomic E-state index is 11.1. The summed E-state index contributed by atoms with van der Waals surface area (Å²) in [7, 11) is 0. The molecule has 6 heteroatoms. The fourth-order valence-electron chi connectivity index (χ4n) is 2.62. The van der Waals surface area contributed by atoms with E-state index in [2.05, 4.69) is 0 Å². The van der Waals surface area contributed by atoms with E-state index < -0.39 is 35.5 Å². The van der Waals surface area contributed by atoms with E-state index in [9.17, 15) is 15.0 Å². The van der Waals surface area contributed by atoms with Crippen molar-refractivity contribution in [1.29, 1.82) is 0 Å². The number of carbonyl (C=O) groups is 1. The number of aliphatic hydroxyl groups excluding tert-OH is 2. The third-order valence-corrected chi connectivity index (χ3v) is 3.52. The minimum Gasteiger partial charge on any atom is -0.505 e. The van der Waals surface area contributed by atoms with Gasteiger partial charge in [0.05, 0.1) is 6.61 Å². The maximum Gasteiger partial charge on any atom is 0.377 e. The SMILES string of the molecule is O=C1O[C@H]([C@@H]2COC3(CCCC3)O2)C(O)=C1O. The van der Waals surface area contributed by atoms with E-state index >= 15 is 0 Å². The van der Waals surface area contributed by atoms with E-state index in [4.69, 9.17) is 14.2 Å². The fraction of sp³-hybridized carbons (Fsp3) is 0.727. The van der Waals surface area contributed by atoms with Crippen LogP contribution in [0.25, 0.3) is 0 Å². The highest BCUT2D eigenvalue weighted by atomic mass is 16.8. The maximum atomic E-state index is 11.1. The third-order valence-electron chi connectivity index (χ3n) is 3.52. The van der Waals surface area contributed by atoms with E-state index in [1.165, 1.54) is 0 Å². The lowest BCUT2D eigenvalue weighted by molar-refractivity contribution is -0.177. The van der Waals surface area contributed by atoms with E-state index in [1.807, 2.05) is 0 Å². The minimum absolute atomic E-state index is 0.259. The van der Waals surface area contributed by atoms with Crippen molar-refractivity contribution in [2.75, 3.05) is 6.61 Å². The van der Waals surface area contributed by atoms with Gasteiger partial charge in [-0.3, -0.25) is 0 Å². The molecule has 6 nitrogen and oxygen atoms in total. The van der Waals surface area contributed by atoms with Gasteiger partial charge in [-0.25, -0.2) is 4.79 Å². The lowest BCUT2D eigenvalue weighted by Crippen LogP contribution is -2.33. The fourth-order valence-corrected chi connectivity index (χ4v) is 2.62. The van der Waals surface area contributed by atoms with Gasteiger partial charge in [-0.2, -0.15) is 0 Å². The molecule has 2 N–H and O–H groups in total. The Labute approximate surface area is 97.8 Å². The number of ether oxygens (including phenoxy) is 3. The molecule has 94 valence electrons. The molecular weight excluding hydrogens is 228 g/mol. The smallest absolute Gasteiger partial charge is 0.377 e. The standard InChI is InChI=1S/C11H14O6/c12-7-8(13)10(14)16-9(7)6-5-15-11(17-6)3-1-2-4-11/h6,9,12-13H,1-5H2/t6-,9+/m0/s1. The molecular formula is C11H14O6. The Morgan fingerprint density at radius 1 is 1.24 bits per heavy atom. The van der Waals surface area contributed by atoms with Gasteiger partial charge in [0.1, 0.15) is 6.10 Å². The molecule has 3 rings (SSSR count). The Morgan fingerprint density at radius 3 is 2.53 bits per heavy atom. The van der Waals surface area contributed by atoms with Crippen molar-refractivity contribution in [3.63, 3.8) is 0 Å². The molecule has 1 saturated carbocycles. The number of carbonyl (C=O) groups excluding carboxylic acids is 1. The number of rotatable bonds is 1. The lowest BCUT2D eigenvalue weighted by Gasteiger charge is -2.23. The summed E-state index contributed by atoms with van der Waals surface area (Å²) in [5.41, 5.74) is 0. The van der Waals surface area contributed by atoms with Crippen LogP contribution in [0, 0.1) is 0 Å². The van der Waals surface area contributed by atoms with Crippen LogP contribution in [0.3, 0.4) is 0 Å². The highest BCUT2D eigenvalue weighted by Crippen LogP contribution is 2.41. The second-order valence-corrected chi connectivity index (χ2v) is 4.64. The zero-order valence-electron chi connectivity index (χ0n) is 9.22. The van der Waals surface area contributed by atoms with Crippen LogP contribution < -0.4 is 0 Å². The van der Waals surface area contributed by atoms with Gasteiger partial charge < -0.3 is 24.4 Å². The molecule has 2 heterocycles. The number of esters is 1. The predicted molar refractivity (Wildman–Crippen MR) is 54.2 cm³/mol. The highest BCUT2D eigenvalue weighted by Gasteiger charge is 2.50. The molecule has 0 aromatic carbocycles. The van der Waals surface area contributed by atoms with Gasteiger partial charge in [-0.1, -0.05) is 0 Å². The number of cyclic esters (lactones) is 1. The Balaban J connectivity index is 1.74. The van der Waals surface area contributed by atoms with E-state index in [0.29, 0.717) is 0 Å². The molecule has 2 atom stereocenters. The van der Waals surface area contributed by atoms with Gasteiger partial charge in [-0.05, 0) is 12.8 Å².